The molecule has 0 aromatic heterocycles. The number of hydrogen-bond donors (Lipinski definition) is 3. The molecule has 1 fully saturated rings. The lowest BCUT2D eigenvalue weighted by Crippen LogP contribution is -2.56. The van der Waals surface area contributed by atoms with Crippen LogP contribution in [0, 0.1) is 0 Å². The summed E-state index contributed by atoms with van der Waals surface area (Å²) in [6, 6.07) is 4.40. The van der Waals surface area contributed by atoms with E-state index < -0.39 is 17.8 Å². The van der Waals surface area contributed by atoms with Gasteiger partial charge in [-0.3, -0.25) is 14.5 Å². The van der Waals surface area contributed by atoms with Crippen LogP contribution in [0.4, 0.5) is 13.2 Å². The largest absolute Gasteiger partial charge is 0.416 e. The number of aliphatic hydroxyl groups is 1. The van der Waals surface area contributed by atoms with E-state index >= 15 is 0 Å². The molecule has 0 unspecified atom stereocenters. The molecule has 0 spiro atoms. The molecule has 2 amide bonds. The van der Waals surface area contributed by atoms with Crippen molar-refractivity contribution in [2.45, 2.75) is 31.6 Å². The van der Waals surface area contributed by atoms with E-state index in [9.17, 15) is 22.8 Å². The van der Waals surface area contributed by atoms with Gasteiger partial charge in [-0.25, -0.2) is 0 Å². The molecule has 1 aliphatic heterocycles. The van der Waals surface area contributed by atoms with Gasteiger partial charge in [0.25, 0.3) is 0 Å². The predicted molar refractivity (Wildman–Crippen MR) is 88.0 cm³/mol. The van der Waals surface area contributed by atoms with Crippen molar-refractivity contribution in [2.24, 2.45) is 0 Å². The Kier molecular flexibility index (Phi) is 6.98. The quantitative estimate of drug-likeness (QED) is 0.620. The van der Waals surface area contributed by atoms with Crippen LogP contribution in [-0.4, -0.2) is 54.1 Å². The molecule has 1 aromatic carbocycles. The molecule has 144 valence electrons. The fourth-order valence-electron chi connectivity index (χ4n) is 2.88. The lowest BCUT2D eigenvalue weighted by molar-refractivity contribution is -0.139. The molecule has 26 heavy (non-hydrogen) atoms. The lowest BCUT2D eigenvalue weighted by atomic mass is 10.0. The average molecular weight is 373 g/mol. The van der Waals surface area contributed by atoms with E-state index in [2.05, 4.69) is 10.6 Å². The van der Waals surface area contributed by atoms with Crippen LogP contribution in [0.2, 0.25) is 0 Å². The Morgan fingerprint density at radius 2 is 2.08 bits per heavy atom. The first-order valence-electron chi connectivity index (χ1n) is 8.37. The van der Waals surface area contributed by atoms with E-state index in [1.807, 2.05) is 0 Å². The number of carbonyl (C=O) groups is 2. The monoisotopic (exact) mass is 373 g/mol. The number of benzene rings is 1. The van der Waals surface area contributed by atoms with Gasteiger partial charge in [-0.1, -0.05) is 18.2 Å². The highest BCUT2D eigenvalue weighted by Gasteiger charge is 2.36. The number of amides is 2. The van der Waals surface area contributed by atoms with Crippen molar-refractivity contribution in [3.05, 3.63) is 35.4 Å². The van der Waals surface area contributed by atoms with Crippen molar-refractivity contribution in [3.63, 3.8) is 0 Å². The van der Waals surface area contributed by atoms with Crippen molar-refractivity contribution in [3.8, 4) is 0 Å². The van der Waals surface area contributed by atoms with E-state index in [-0.39, 0.29) is 43.5 Å². The van der Waals surface area contributed by atoms with Crippen LogP contribution in [0.1, 0.15) is 24.0 Å². The molecule has 1 atom stereocenters. The second-order valence-corrected chi connectivity index (χ2v) is 6.06. The number of piperazine rings is 1. The third kappa shape index (κ3) is 5.43. The molecular formula is C17H22F3N3O3. The third-order valence-corrected chi connectivity index (χ3v) is 4.17. The van der Waals surface area contributed by atoms with Crippen molar-refractivity contribution >= 4 is 11.8 Å². The van der Waals surface area contributed by atoms with Crippen LogP contribution in [0.3, 0.4) is 0 Å². The number of carbonyl (C=O) groups excluding carboxylic acids is 2. The van der Waals surface area contributed by atoms with Crippen molar-refractivity contribution in [1.29, 1.82) is 0 Å². The van der Waals surface area contributed by atoms with Gasteiger partial charge in [0.2, 0.25) is 11.8 Å². The Balaban J connectivity index is 2.11. The van der Waals surface area contributed by atoms with Crippen molar-refractivity contribution in [2.75, 3.05) is 26.2 Å². The first-order chi connectivity index (χ1) is 12.3. The van der Waals surface area contributed by atoms with Crippen LogP contribution in [0.25, 0.3) is 0 Å². The number of aliphatic hydroxyl groups excluding tert-OH is 1. The number of nitrogens with one attached hydrogen (secondary N) is 2. The first-order valence-corrected chi connectivity index (χ1v) is 8.37. The van der Waals surface area contributed by atoms with Crippen LogP contribution in [0.15, 0.2) is 24.3 Å². The predicted octanol–water partition coefficient (Wildman–Crippen LogP) is 0.894. The standard InChI is InChI=1S/C17H22F3N3O3/c18-17(19,20)13-5-2-1-4-12(13)11-23-8-7-22-16(26)14(23)10-15(25)21-6-3-9-24/h1-2,4-5,14,24H,3,6-11H2,(H,21,25)(H,22,26)/t14-/m1/s1. The molecule has 0 aliphatic carbocycles. The zero-order chi connectivity index (χ0) is 19.2. The van der Waals surface area contributed by atoms with Gasteiger partial charge in [0.15, 0.2) is 0 Å². The van der Waals surface area contributed by atoms with Crippen LogP contribution in [-0.2, 0) is 22.3 Å². The molecule has 1 heterocycles. The van der Waals surface area contributed by atoms with E-state index in [0.29, 0.717) is 19.5 Å². The summed E-state index contributed by atoms with van der Waals surface area (Å²) in [5.41, 5.74) is -0.669. The summed E-state index contributed by atoms with van der Waals surface area (Å²) in [4.78, 5) is 25.7. The second kappa shape index (κ2) is 9.00. The molecule has 3 N–H and O–H groups in total. The molecule has 2 rings (SSSR count). The Morgan fingerprint density at radius 1 is 1.35 bits per heavy atom. The molecule has 0 saturated carbocycles. The van der Waals surface area contributed by atoms with E-state index in [4.69, 9.17) is 5.11 Å². The lowest BCUT2D eigenvalue weighted by Gasteiger charge is -2.35. The fraction of sp³-hybridized carbons (Fsp3) is 0.529. The van der Waals surface area contributed by atoms with Crippen LogP contribution >= 0.6 is 0 Å². The maximum atomic E-state index is 13.2. The Labute approximate surface area is 149 Å². The maximum absolute atomic E-state index is 13.2. The summed E-state index contributed by atoms with van der Waals surface area (Å²) >= 11 is 0. The summed E-state index contributed by atoms with van der Waals surface area (Å²) in [7, 11) is 0. The summed E-state index contributed by atoms with van der Waals surface area (Å²) < 4.78 is 39.5. The molecule has 6 nitrogen and oxygen atoms in total. The molecule has 9 heteroatoms. The number of alkyl halides is 3. The summed E-state index contributed by atoms with van der Waals surface area (Å²) in [5.74, 6) is -0.757. The van der Waals surface area contributed by atoms with E-state index in [0.717, 1.165) is 6.07 Å². The topological polar surface area (TPSA) is 81.7 Å². The highest BCUT2D eigenvalue weighted by atomic mass is 19.4. The van der Waals surface area contributed by atoms with Crippen molar-refractivity contribution < 1.29 is 27.9 Å². The summed E-state index contributed by atoms with van der Waals surface area (Å²) in [5, 5.41) is 14.0. The van der Waals surface area contributed by atoms with E-state index in [1.165, 1.54) is 18.2 Å². The zero-order valence-corrected chi connectivity index (χ0v) is 14.2. The molecule has 0 radical (unpaired) electrons. The minimum atomic E-state index is -4.48. The highest BCUT2D eigenvalue weighted by Crippen LogP contribution is 2.32. The summed E-state index contributed by atoms with van der Waals surface area (Å²) in [6.07, 6.45) is -4.23. The molecular weight excluding hydrogens is 351 g/mol. The third-order valence-electron chi connectivity index (χ3n) is 4.17. The smallest absolute Gasteiger partial charge is 0.396 e. The second-order valence-electron chi connectivity index (χ2n) is 6.06. The number of halogens is 3. The number of rotatable bonds is 7. The van der Waals surface area contributed by atoms with Gasteiger partial charge in [-0.05, 0) is 18.1 Å². The maximum Gasteiger partial charge on any atom is 0.416 e. The summed E-state index contributed by atoms with van der Waals surface area (Å²) in [6.45, 7) is 0.810. The average Bonchev–Trinajstić information content (AvgIpc) is 2.58. The fourth-order valence-corrected chi connectivity index (χ4v) is 2.88. The van der Waals surface area contributed by atoms with Gasteiger partial charge < -0.3 is 15.7 Å². The SMILES string of the molecule is O=C(C[C@@H]1C(=O)NCCN1Cc1ccccc1C(F)(F)F)NCCCO. The zero-order valence-electron chi connectivity index (χ0n) is 14.2. The highest BCUT2D eigenvalue weighted by molar-refractivity contribution is 5.88. The van der Waals surface area contributed by atoms with Gasteiger partial charge in [0.05, 0.1) is 18.0 Å². The van der Waals surface area contributed by atoms with Gasteiger partial charge in [0.1, 0.15) is 0 Å². The number of nitrogens with zero attached hydrogens (tertiary/aromatic N) is 1. The minimum Gasteiger partial charge on any atom is -0.396 e. The Morgan fingerprint density at radius 3 is 2.77 bits per heavy atom. The molecule has 0 bridgehead atoms. The minimum absolute atomic E-state index is 0.0649. The van der Waals surface area contributed by atoms with Gasteiger partial charge in [-0.2, -0.15) is 13.2 Å². The Bertz CT molecular complexity index is 637. The Hall–Kier alpha value is -2.13. The van der Waals surface area contributed by atoms with E-state index in [1.54, 1.807) is 4.90 Å². The van der Waals surface area contributed by atoms with Gasteiger partial charge in [-0.15, -0.1) is 0 Å². The van der Waals surface area contributed by atoms with Gasteiger partial charge in [0, 0.05) is 32.8 Å². The van der Waals surface area contributed by atoms with Gasteiger partial charge >= 0.3 is 6.18 Å². The molecule has 1 aromatic rings. The number of hydrogen-bond acceptors (Lipinski definition) is 4. The molecule has 1 saturated heterocycles. The molecule has 1 aliphatic rings. The first kappa shape index (κ1) is 20.2. The van der Waals surface area contributed by atoms with Crippen LogP contribution in [0.5, 0.6) is 0 Å². The van der Waals surface area contributed by atoms with Crippen LogP contribution < -0.4 is 10.6 Å². The normalized spacial score (nSPS) is 18.5. The van der Waals surface area contributed by atoms with Crippen molar-refractivity contribution in [1.82, 2.24) is 15.5 Å².